The minimum Gasteiger partial charge on any atom is -0.349 e. The summed E-state index contributed by atoms with van der Waals surface area (Å²) in [5.41, 5.74) is 1.26. The number of amides is 1. The van der Waals surface area contributed by atoms with Crippen molar-refractivity contribution in [2.45, 2.75) is 44.6 Å². The number of benzene rings is 1. The molecule has 3 nitrogen and oxygen atoms in total. The van der Waals surface area contributed by atoms with Gasteiger partial charge in [0.1, 0.15) is 0 Å². The van der Waals surface area contributed by atoms with E-state index < -0.39 is 0 Å². The van der Waals surface area contributed by atoms with Gasteiger partial charge in [-0.1, -0.05) is 36.8 Å². The Morgan fingerprint density at radius 3 is 2.59 bits per heavy atom. The fraction of sp³-hybridized carbons (Fsp3) is 0.611. The predicted octanol–water partition coefficient (Wildman–Crippen LogP) is 3.46. The van der Waals surface area contributed by atoms with Crippen LogP contribution >= 0.6 is 12.4 Å². The van der Waals surface area contributed by atoms with Crippen molar-refractivity contribution < 1.29 is 4.79 Å². The van der Waals surface area contributed by atoms with Crippen molar-refractivity contribution in [2.24, 2.45) is 11.8 Å². The Kier molecular flexibility index (Phi) is 6.71. The fourth-order valence-corrected chi connectivity index (χ4v) is 3.45. The van der Waals surface area contributed by atoms with E-state index in [-0.39, 0.29) is 24.4 Å². The Morgan fingerprint density at radius 1 is 1.23 bits per heavy atom. The first kappa shape index (κ1) is 17.3. The van der Waals surface area contributed by atoms with Gasteiger partial charge in [-0.15, -0.1) is 12.4 Å². The van der Waals surface area contributed by atoms with E-state index >= 15 is 0 Å². The third kappa shape index (κ3) is 4.47. The zero-order valence-corrected chi connectivity index (χ0v) is 13.9. The molecule has 1 aromatic carbocycles. The highest BCUT2D eigenvalue weighted by atomic mass is 35.5. The Bertz CT molecular complexity index is 455. The molecule has 2 N–H and O–H groups in total. The SMILES string of the molecule is Cl.O=C(CCC1CCNC1)NC(c1ccccc1)C1CCC1. The fourth-order valence-electron chi connectivity index (χ4n) is 3.45. The van der Waals surface area contributed by atoms with Crippen LogP contribution in [0, 0.1) is 11.8 Å². The van der Waals surface area contributed by atoms with Crippen LogP contribution in [0.3, 0.4) is 0 Å². The molecule has 2 atom stereocenters. The van der Waals surface area contributed by atoms with Gasteiger partial charge in [-0.05, 0) is 56.2 Å². The summed E-state index contributed by atoms with van der Waals surface area (Å²) in [6.07, 6.45) is 6.70. The normalized spacial score (nSPS) is 22.5. The molecule has 0 spiro atoms. The highest BCUT2D eigenvalue weighted by molar-refractivity contribution is 5.85. The van der Waals surface area contributed by atoms with Gasteiger partial charge in [0.2, 0.25) is 5.91 Å². The largest absolute Gasteiger partial charge is 0.349 e. The number of hydrogen-bond donors (Lipinski definition) is 2. The number of hydrogen-bond acceptors (Lipinski definition) is 2. The van der Waals surface area contributed by atoms with Crippen LogP contribution in [0.2, 0.25) is 0 Å². The van der Waals surface area contributed by atoms with E-state index in [2.05, 4.69) is 34.9 Å². The van der Waals surface area contributed by atoms with Crippen molar-refractivity contribution in [1.82, 2.24) is 10.6 Å². The molecule has 0 radical (unpaired) electrons. The lowest BCUT2D eigenvalue weighted by atomic mass is 9.77. The van der Waals surface area contributed by atoms with Crippen LogP contribution in [-0.2, 0) is 4.79 Å². The molecule has 1 aliphatic heterocycles. The Labute approximate surface area is 139 Å². The van der Waals surface area contributed by atoms with E-state index in [1.54, 1.807) is 0 Å². The van der Waals surface area contributed by atoms with E-state index in [1.807, 2.05) is 6.07 Å². The van der Waals surface area contributed by atoms with Gasteiger partial charge in [0.25, 0.3) is 0 Å². The third-order valence-corrected chi connectivity index (χ3v) is 5.04. The monoisotopic (exact) mass is 322 g/mol. The van der Waals surface area contributed by atoms with Crippen molar-refractivity contribution in [3.63, 3.8) is 0 Å². The Hall–Kier alpha value is -1.06. The van der Waals surface area contributed by atoms with Crippen LogP contribution in [0.5, 0.6) is 0 Å². The lowest BCUT2D eigenvalue weighted by molar-refractivity contribution is -0.122. The average molecular weight is 323 g/mol. The van der Waals surface area contributed by atoms with Gasteiger partial charge in [0, 0.05) is 6.42 Å². The van der Waals surface area contributed by atoms with E-state index in [0.717, 1.165) is 19.5 Å². The smallest absolute Gasteiger partial charge is 0.220 e. The molecule has 4 heteroatoms. The van der Waals surface area contributed by atoms with Crippen LogP contribution in [0.4, 0.5) is 0 Å². The van der Waals surface area contributed by atoms with Crippen molar-refractivity contribution in [1.29, 1.82) is 0 Å². The summed E-state index contributed by atoms with van der Waals surface area (Å²) in [6, 6.07) is 10.7. The molecule has 2 fully saturated rings. The minimum absolute atomic E-state index is 0. The molecule has 122 valence electrons. The zero-order valence-electron chi connectivity index (χ0n) is 13.1. The summed E-state index contributed by atoms with van der Waals surface area (Å²) in [7, 11) is 0. The summed E-state index contributed by atoms with van der Waals surface area (Å²) in [5, 5.41) is 6.67. The molecule has 1 saturated carbocycles. The maximum atomic E-state index is 12.3. The summed E-state index contributed by atoms with van der Waals surface area (Å²) < 4.78 is 0. The molecule has 1 aliphatic carbocycles. The van der Waals surface area contributed by atoms with E-state index in [9.17, 15) is 4.79 Å². The van der Waals surface area contributed by atoms with E-state index in [1.165, 1.54) is 31.2 Å². The number of nitrogens with one attached hydrogen (secondary N) is 2. The second-order valence-corrected chi connectivity index (χ2v) is 6.54. The topological polar surface area (TPSA) is 41.1 Å². The number of carbonyl (C=O) groups is 1. The maximum absolute atomic E-state index is 12.3. The quantitative estimate of drug-likeness (QED) is 0.842. The molecule has 0 aromatic heterocycles. The van der Waals surface area contributed by atoms with E-state index in [0.29, 0.717) is 18.3 Å². The van der Waals surface area contributed by atoms with Crippen molar-refractivity contribution >= 4 is 18.3 Å². The van der Waals surface area contributed by atoms with Crippen molar-refractivity contribution in [3.8, 4) is 0 Å². The second-order valence-electron chi connectivity index (χ2n) is 6.54. The molecule has 2 unspecified atom stereocenters. The number of carbonyl (C=O) groups excluding carboxylic acids is 1. The molecular formula is C18H27ClN2O. The predicted molar refractivity (Wildman–Crippen MR) is 92.1 cm³/mol. The molecule has 1 amide bonds. The van der Waals surface area contributed by atoms with Crippen LogP contribution in [0.25, 0.3) is 0 Å². The van der Waals surface area contributed by atoms with Gasteiger partial charge >= 0.3 is 0 Å². The Balaban J connectivity index is 0.00000176. The standard InChI is InChI=1S/C18H26N2O.ClH/c21-17(10-9-14-11-12-19-13-14)20-18(16-7-4-8-16)15-5-2-1-3-6-15;/h1-3,5-6,14,16,18-19H,4,7-13H2,(H,20,21);1H. The molecule has 3 rings (SSSR count). The molecular weight excluding hydrogens is 296 g/mol. The first-order valence-electron chi connectivity index (χ1n) is 8.38. The molecule has 22 heavy (non-hydrogen) atoms. The molecule has 2 aliphatic rings. The number of rotatable bonds is 6. The lowest BCUT2D eigenvalue weighted by Crippen LogP contribution is -2.36. The lowest BCUT2D eigenvalue weighted by Gasteiger charge is -2.34. The van der Waals surface area contributed by atoms with Crippen LogP contribution in [0.1, 0.15) is 50.1 Å². The summed E-state index contributed by atoms with van der Waals surface area (Å²) in [6.45, 7) is 2.19. The summed E-state index contributed by atoms with van der Waals surface area (Å²) in [4.78, 5) is 12.3. The van der Waals surface area contributed by atoms with Gasteiger partial charge < -0.3 is 10.6 Å². The first-order valence-corrected chi connectivity index (χ1v) is 8.38. The zero-order chi connectivity index (χ0) is 14.5. The van der Waals surface area contributed by atoms with Gasteiger partial charge in [-0.2, -0.15) is 0 Å². The molecule has 1 aromatic rings. The minimum atomic E-state index is 0. The van der Waals surface area contributed by atoms with Crippen LogP contribution < -0.4 is 10.6 Å². The summed E-state index contributed by atoms with van der Waals surface area (Å²) >= 11 is 0. The summed E-state index contributed by atoms with van der Waals surface area (Å²) in [5.74, 6) is 1.54. The van der Waals surface area contributed by atoms with Gasteiger partial charge in [0.05, 0.1) is 6.04 Å². The van der Waals surface area contributed by atoms with E-state index in [4.69, 9.17) is 0 Å². The highest BCUT2D eigenvalue weighted by Crippen LogP contribution is 2.37. The van der Waals surface area contributed by atoms with Gasteiger partial charge in [-0.25, -0.2) is 0 Å². The van der Waals surface area contributed by atoms with Gasteiger partial charge in [0.15, 0.2) is 0 Å². The maximum Gasteiger partial charge on any atom is 0.220 e. The Morgan fingerprint density at radius 2 is 2.00 bits per heavy atom. The van der Waals surface area contributed by atoms with Crippen molar-refractivity contribution in [3.05, 3.63) is 35.9 Å². The molecule has 0 bridgehead atoms. The average Bonchev–Trinajstić information content (AvgIpc) is 2.97. The van der Waals surface area contributed by atoms with Crippen LogP contribution in [-0.4, -0.2) is 19.0 Å². The molecule has 1 heterocycles. The third-order valence-electron chi connectivity index (χ3n) is 5.04. The van der Waals surface area contributed by atoms with Crippen LogP contribution in [0.15, 0.2) is 30.3 Å². The number of halogens is 1. The second kappa shape index (κ2) is 8.54. The highest BCUT2D eigenvalue weighted by Gasteiger charge is 2.29. The van der Waals surface area contributed by atoms with Gasteiger partial charge in [-0.3, -0.25) is 4.79 Å². The molecule has 1 saturated heterocycles. The first-order chi connectivity index (χ1) is 10.3. The van der Waals surface area contributed by atoms with Crippen molar-refractivity contribution in [2.75, 3.05) is 13.1 Å².